The number of nitrogens with two attached hydrogens (primary N) is 1. The summed E-state index contributed by atoms with van der Waals surface area (Å²) < 4.78 is 0. The maximum Gasteiger partial charge on any atom is 0.109 e. The largest absolute Gasteiger partial charge is 0.324 e. The Morgan fingerprint density at radius 2 is 2.05 bits per heavy atom. The summed E-state index contributed by atoms with van der Waals surface area (Å²) >= 11 is 1.75. The van der Waals surface area contributed by atoms with Crippen molar-refractivity contribution >= 4 is 11.3 Å². The topological polar surface area (TPSA) is 50.9 Å². The zero-order chi connectivity index (χ0) is 13.7. The molecule has 1 aromatic carbocycles. The van der Waals surface area contributed by atoms with Crippen LogP contribution in [-0.2, 0) is 0 Å². The molecule has 2 aromatic rings. The number of aromatic nitrogens is 1. The second-order valence-corrected chi connectivity index (χ2v) is 6.06. The molecule has 0 radical (unpaired) electrons. The van der Waals surface area contributed by atoms with Gasteiger partial charge in [-0.1, -0.05) is 30.3 Å². The molecule has 0 bridgehead atoms. The van der Waals surface area contributed by atoms with Crippen LogP contribution in [-0.4, -0.2) is 11.5 Å². The van der Waals surface area contributed by atoms with E-state index in [1.807, 2.05) is 24.4 Å². The highest BCUT2D eigenvalue weighted by molar-refractivity contribution is 7.11. The quantitative estimate of drug-likeness (QED) is 0.851. The summed E-state index contributed by atoms with van der Waals surface area (Å²) in [6.07, 6.45) is 2.85. The van der Waals surface area contributed by atoms with Gasteiger partial charge in [0.15, 0.2) is 0 Å². The van der Waals surface area contributed by atoms with Crippen LogP contribution in [0, 0.1) is 6.92 Å². The summed E-state index contributed by atoms with van der Waals surface area (Å²) in [5.41, 5.74) is 7.37. The fourth-order valence-electron chi connectivity index (χ4n) is 1.98. The molecular weight excluding hydrogens is 254 g/mol. The van der Waals surface area contributed by atoms with Crippen molar-refractivity contribution in [1.82, 2.24) is 10.3 Å². The minimum atomic E-state index is 0.0962. The Labute approximate surface area is 118 Å². The van der Waals surface area contributed by atoms with Gasteiger partial charge in [0.2, 0.25) is 0 Å². The third-order valence-corrected chi connectivity index (χ3v) is 4.24. The lowest BCUT2D eigenvalue weighted by Gasteiger charge is -2.15. The molecule has 2 unspecified atom stereocenters. The first-order valence-electron chi connectivity index (χ1n) is 6.63. The molecule has 0 amide bonds. The van der Waals surface area contributed by atoms with Gasteiger partial charge in [-0.25, -0.2) is 4.98 Å². The molecule has 3 nitrogen and oxygen atoms in total. The van der Waals surface area contributed by atoms with Gasteiger partial charge in [-0.2, -0.15) is 0 Å². The van der Waals surface area contributed by atoms with Crippen LogP contribution in [0.15, 0.2) is 36.5 Å². The van der Waals surface area contributed by atoms with E-state index in [1.165, 1.54) is 10.4 Å². The first kappa shape index (κ1) is 14.2. The highest BCUT2D eigenvalue weighted by Crippen LogP contribution is 2.19. The summed E-state index contributed by atoms with van der Waals surface area (Å²) in [7, 11) is 0. The number of thiazole rings is 1. The second-order valence-electron chi connectivity index (χ2n) is 4.79. The van der Waals surface area contributed by atoms with Crippen LogP contribution in [0.3, 0.4) is 0 Å². The zero-order valence-electron chi connectivity index (χ0n) is 11.5. The van der Waals surface area contributed by atoms with Gasteiger partial charge in [0, 0.05) is 17.1 Å². The van der Waals surface area contributed by atoms with E-state index in [0.29, 0.717) is 6.04 Å². The SMILES string of the molecule is Cc1cnc(C(C)NCCC(N)c2ccccc2)s1. The van der Waals surface area contributed by atoms with Gasteiger partial charge in [0.05, 0.1) is 6.04 Å². The first-order chi connectivity index (χ1) is 9.16. The van der Waals surface area contributed by atoms with Crippen LogP contribution in [0.1, 0.15) is 40.9 Å². The number of nitrogens with one attached hydrogen (secondary N) is 1. The number of aryl methyl sites for hydroxylation is 1. The van der Waals surface area contributed by atoms with Crippen molar-refractivity contribution in [3.8, 4) is 0 Å². The Bertz CT molecular complexity index is 495. The number of rotatable bonds is 6. The fourth-order valence-corrected chi connectivity index (χ4v) is 2.78. The molecular formula is C15H21N3S. The van der Waals surface area contributed by atoms with Crippen molar-refractivity contribution in [3.63, 3.8) is 0 Å². The Kier molecular flexibility index (Phi) is 5.07. The van der Waals surface area contributed by atoms with Crippen molar-refractivity contribution in [3.05, 3.63) is 52.0 Å². The molecule has 0 spiro atoms. The molecule has 0 saturated heterocycles. The van der Waals surface area contributed by atoms with Crippen molar-refractivity contribution in [2.75, 3.05) is 6.54 Å². The normalized spacial score (nSPS) is 14.3. The Balaban J connectivity index is 1.77. The molecule has 2 rings (SSSR count). The van der Waals surface area contributed by atoms with Gasteiger partial charge >= 0.3 is 0 Å². The standard InChI is InChI=1S/C15H21N3S/c1-11-10-18-15(19-11)12(2)17-9-8-14(16)13-6-4-3-5-7-13/h3-7,10,12,14,17H,8-9,16H2,1-2H3. The van der Waals surface area contributed by atoms with Crippen LogP contribution in [0.25, 0.3) is 0 Å². The second kappa shape index (κ2) is 6.80. The summed E-state index contributed by atoms with van der Waals surface area (Å²) in [5, 5.41) is 4.63. The van der Waals surface area contributed by atoms with Gasteiger partial charge in [-0.05, 0) is 32.4 Å². The minimum Gasteiger partial charge on any atom is -0.324 e. The van der Waals surface area contributed by atoms with E-state index in [0.717, 1.165) is 18.0 Å². The summed E-state index contributed by atoms with van der Waals surface area (Å²) in [4.78, 5) is 5.65. The predicted molar refractivity (Wildman–Crippen MR) is 81.3 cm³/mol. The van der Waals surface area contributed by atoms with Crippen LogP contribution in [0.2, 0.25) is 0 Å². The van der Waals surface area contributed by atoms with Crippen molar-refractivity contribution < 1.29 is 0 Å². The number of benzene rings is 1. The van der Waals surface area contributed by atoms with Crippen LogP contribution >= 0.6 is 11.3 Å². The molecule has 0 aliphatic carbocycles. The van der Waals surface area contributed by atoms with E-state index in [2.05, 4.69) is 36.3 Å². The molecule has 4 heteroatoms. The Hall–Kier alpha value is -1.23. The maximum absolute atomic E-state index is 6.17. The van der Waals surface area contributed by atoms with Crippen molar-refractivity contribution in [2.24, 2.45) is 5.73 Å². The summed E-state index contributed by atoms with van der Waals surface area (Å²) in [6.45, 7) is 5.13. The smallest absolute Gasteiger partial charge is 0.109 e. The van der Waals surface area contributed by atoms with Crippen LogP contribution < -0.4 is 11.1 Å². The van der Waals surface area contributed by atoms with Gasteiger partial charge in [-0.15, -0.1) is 11.3 Å². The average Bonchev–Trinajstić information content (AvgIpc) is 2.86. The van der Waals surface area contributed by atoms with Gasteiger partial charge in [-0.3, -0.25) is 0 Å². The molecule has 2 atom stereocenters. The lowest BCUT2D eigenvalue weighted by molar-refractivity contribution is 0.522. The highest BCUT2D eigenvalue weighted by Gasteiger charge is 2.10. The predicted octanol–water partition coefficient (Wildman–Crippen LogP) is 3.19. The van der Waals surface area contributed by atoms with Crippen LogP contribution in [0.4, 0.5) is 0 Å². The summed E-state index contributed by atoms with van der Waals surface area (Å²) in [5.74, 6) is 0. The van der Waals surface area contributed by atoms with E-state index >= 15 is 0 Å². The Morgan fingerprint density at radius 1 is 1.32 bits per heavy atom. The molecule has 1 heterocycles. The van der Waals surface area contributed by atoms with Crippen molar-refractivity contribution in [1.29, 1.82) is 0 Å². The van der Waals surface area contributed by atoms with E-state index < -0.39 is 0 Å². The van der Waals surface area contributed by atoms with Gasteiger partial charge < -0.3 is 11.1 Å². The molecule has 0 fully saturated rings. The first-order valence-corrected chi connectivity index (χ1v) is 7.44. The molecule has 3 N–H and O–H groups in total. The highest BCUT2D eigenvalue weighted by atomic mass is 32.1. The third kappa shape index (κ3) is 4.13. The Morgan fingerprint density at radius 3 is 2.68 bits per heavy atom. The van der Waals surface area contributed by atoms with Crippen LogP contribution in [0.5, 0.6) is 0 Å². The number of hydrogen-bond donors (Lipinski definition) is 2. The van der Waals surface area contributed by atoms with Crippen molar-refractivity contribution in [2.45, 2.75) is 32.4 Å². The fraction of sp³-hybridized carbons (Fsp3) is 0.400. The monoisotopic (exact) mass is 275 g/mol. The molecule has 19 heavy (non-hydrogen) atoms. The van der Waals surface area contributed by atoms with Gasteiger partial charge in [0.25, 0.3) is 0 Å². The zero-order valence-corrected chi connectivity index (χ0v) is 12.3. The lowest BCUT2D eigenvalue weighted by atomic mass is 10.0. The lowest BCUT2D eigenvalue weighted by Crippen LogP contribution is -2.23. The molecule has 1 aromatic heterocycles. The van der Waals surface area contributed by atoms with E-state index in [9.17, 15) is 0 Å². The number of nitrogens with zero attached hydrogens (tertiary/aromatic N) is 1. The molecule has 0 aliphatic heterocycles. The summed E-state index contributed by atoms with van der Waals surface area (Å²) in [6, 6.07) is 10.6. The number of hydrogen-bond acceptors (Lipinski definition) is 4. The molecule has 102 valence electrons. The minimum absolute atomic E-state index is 0.0962. The third-order valence-electron chi connectivity index (χ3n) is 3.14. The van der Waals surface area contributed by atoms with Gasteiger partial charge in [0.1, 0.15) is 5.01 Å². The van der Waals surface area contributed by atoms with E-state index in [1.54, 1.807) is 11.3 Å². The average molecular weight is 275 g/mol. The molecule has 0 aliphatic rings. The van der Waals surface area contributed by atoms with E-state index in [4.69, 9.17) is 5.73 Å². The van der Waals surface area contributed by atoms with E-state index in [-0.39, 0.29) is 6.04 Å². The molecule has 0 saturated carbocycles. The maximum atomic E-state index is 6.17.